The van der Waals surface area contributed by atoms with E-state index >= 15 is 0 Å². The summed E-state index contributed by atoms with van der Waals surface area (Å²) in [7, 11) is -2.32. The predicted molar refractivity (Wildman–Crippen MR) is 86.2 cm³/mol. The van der Waals surface area contributed by atoms with Crippen molar-refractivity contribution in [1.29, 1.82) is 0 Å². The first-order valence-electron chi connectivity index (χ1n) is 7.18. The lowest BCUT2D eigenvalue weighted by atomic mass is 10.4. The second kappa shape index (κ2) is 8.42. The maximum atomic E-state index is 12.5. The molecule has 2 N–H and O–H groups in total. The lowest BCUT2D eigenvalue weighted by Gasteiger charge is -2.25. The average molecular weight is 377 g/mol. The van der Waals surface area contributed by atoms with Crippen molar-refractivity contribution in [1.82, 2.24) is 14.9 Å². The van der Waals surface area contributed by atoms with Crippen LogP contribution in [0.15, 0.2) is 16.3 Å². The third-order valence-electron chi connectivity index (χ3n) is 3.24. The van der Waals surface area contributed by atoms with Crippen LogP contribution in [0.1, 0.15) is 4.88 Å². The lowest BCUT2D eigenvalue weighted by molar-refractivity contribution is -0.120. The Morgan fingerprint density at radius 2 is 2.00 bits per heavy atom. The molecule has 0 unspecified atom stereocenters. The molecule has 0 aromatic carbocycles. The summed E-state index contributed by atoms with van der Waals surface area (Å²) >= 11 is 1.11. The summed E-state index contributed by atoms with van der Waals surface area (Å²) in [6.07, 6.45) is -0.694. The van der Waals surface area contributed by atoms with Crippen LogP contribution in [0.2, 0.25) is 0 Å². The molecule has 0 radical (unpaired) electrons. The van der Waals surface area contributed by atoms with E-state index in [0.29, 0.717) is 31.2 Å². The molecular weight excluding hydrogens is 358 g/mol. The molecule has 1 aromatic heterocycles. The molecule has 2 amide bonds. The minimum atomic E-state index is -3.52. The molecule has 0 saturated carbocycles. The van der Waals surface area contributed by atoms with Crippen LogP contribution in [0.4, 0.5) is 4.79 Å². The first-order chi connectivity index (χ1) is 11.4. The molecule has 0 aliphatic carbocycles. The largest absolute Gasteiger partial charge is 0.453 e. The first kappa shape index (κ1) is 18.6. The van der Waals surface area contributed by atoms with E-state index in [4.69, 9.17) is 4.74 Å². The molecule has 1 fully saturated rings. The molecule has 2 heterocycles. The molecule has 11 heteroatoms. The van der Waals surface area contributed by atoms with Gasteiger partial charge in [-0.1, -0.05) is 0 Å². The highest BCUT2D eigenvalue weighted by Gasteiger charge is 2.27. The van der Waals surface area contributed by atoms with E-state index in [1.807, 2.05) is 0 Å². The number of methoxy groups -OCH3 is 1. The molecule has 2 rings (SSSR count). The van der Waals surface area contributed by atoms with Gasteiger partial charge in [-0.15, -0.1) is 11.3 Å². The number of hydrogen-bond acceptors (Lipinski definition) is 7. The fourth-order valence-electron chi connectivity index (χ4n) is 1.98. The third-order valence-corrected chi connectivity index (χ3v) is 6.69. The van der Waals surface area contributed by atoms with Crippen LogP contribution in [0.3, 0.4) is 0 Å². The van der Waals surface area contributed by atoms with Crippen molar-refractivity contribution in [2.24, 2.45) is 0 Å². The highest BCUT2D eigenvalue weighted by molar-refractivity contribution is 7.91. The number of carbonyl (C=O) groups is 2. The zero-order valence-electron chi connectivity index (χ0n) is 13.1. The molecule has 1 saturated heterocycles. The third kappa shape index (κ3) is 4.90. The fourth-order valence-corrected chi connectivity index (χ4v) is 4.84. The number of amides is 2. The number of hydrogen-bond donors (Lipinski definition) is 2. The van der Waals surface area contributed by atoms with Crippen molar-refractivity contribution in [2.45, 2.75) is 10.8 Å². The van der Waals surface area contributed by atoms with E-state index in [-0.39, 0.29) is 17.3 Å². The van der Waals surface area contributed by atoms with Crippen LogP contribution < -0.4 is 10.6 Å². The van der Waals surface area contributed by atoms with Crippen molar-refractivity contribution in [3.8, 4) is 0 Å². The molecule has 1 aliphatic heterocycles. The van der Waals surface area contributed by atoms with Gasteiger partial charge in [-0.25, -0.2) is 13.2 Å². The zero-order chi connectivity index (χ0) is 17.6. The second-order valence-electron chi connectivity index (χ2n) is 4.86. The highest BCUT2D eigenvalue weighted by Crippen LogP contribution is 2.25. The number of morpholine rings is 1. The maximum Gasteiger partial charge on any atom is 0.407 e. The molecule has 24 heavy (non-hydrogen) atoms. The molecule has 134 valence electrons. The van der Waals surface area contributed by atoms with Crippen LogP contribution in [0.5, 0.6) is 0 Å². The lowest BCUT2D eigenvalue weighted by Crippen LogP contribution is -2.40. The monoisotopic (exact) mass is 377 g/mol. The minimum Gasteiger partial charge on any atom is -0.453 e. The van der Waals surface area contributed by atoms with Crippen LogP contribution in [0, 0.1) is 0 Å². The van der Waals surface area contributed by atoms with E-state index in [2.05, 4.69) is 15.4 Å². The van der Waals surface area contributed by atoms with Gasteiger partial charge in [0.2, 0.25) is 5.91 Å². The van der Waals surface area contributed by atoms with Crippen molar-refractivity contribution in [2.75, 3.05) is 40.0 Å². The summed E-state index contributed by atoms with van der Waals surface area (Å²) in [6.45, 7) is 1.43. The quantitative estimate of drug-likeness (QED) is 0.706. The smallest absolute Gasteiger partial charge is 0.407 e. The number of alkyl carbamates (subject to hydrolysis) is 1. The topological polar surface area (TPSA) is 114 Å². The van der Waals surface area contributed by atoms with Crippen molar-refractivity contribution in [3.05, 3.63) is 17.0 Å². The Kier molecular flexibility index (Phi) is 6.54. The second-order valence-corrected chi connectivity index (χ2v) is 8.19. The Morgan fingerprint density at radius 1 is 1.29 bits per heavy atom. The minimum absolute atomic E-state index is 0.185. The van der Waals surface area contributed by atoms with Gasteiger partial charge in [0.05, 0.1) is 26.9 Å². The van der Waals surface area contributed by atoms with Gasteiger partial charge in [-0.2, -0.15) is 4.31 Å². The van der Waals surface area contributed by atoms with Crippen LogP contribution in [-0.2, 0) is 30.8 Å². The van der Waals surface area contributed by atoms with Crippen LogP contribution >= 0.6 is 11.3 Å². The number of ether oxygens (including phenoxy) is 2. The Morgan fingerprint density at radius 3 is 2.67 bits per heavy atom. The van der Waals surface area contributed by atoms with Gasteiger partial charge in [0.25, 0.3) is 10.0 Å². The Hall–Kier alpha value is -1.69. The van der Waals surface area contributed by atoms with Gasteiger partial charge in [0.1, 0.15) is 10.8 Å². The fraction of sp³-hybridized carbons (Fsp3) is 0.538. The van der Waals surface area contributed by atoms with Gasteiger partial charge in [-0.05, 0) is 12.1 Å². The summed E-state index contributed by atoms with van der Waals surface area (Å²) < 4.78 is 36.1. The predicted octanol–water partition coefficient (Wildman–Crippen LogP) is -0.259. The van der Waals surface area contributed by atoms with Crippen LogP contribution in [0.25, 0.3) is 0 Å². The Balaban J connectivity index is 1.88. The van der Waals surface area contributed by atoms with Crippen molar-refractivity contribution < 1.29 is 27.5 Å². The Labute approximate surface area is 144 Å². The summed E-state index contributed by atoms with van der Waals surface area (Å²) in [5, 5.41) is 4.85. The number of rotatable bonds is 6. The average Bonchev–Trinajstić information content (AvgIpc) is 3.08. The van der Waals surface area contributed by atoms with Crippen molar-refractivity contribution in [3.63, 3.8) is 0 Å². The van der Waals surface area contributed by atoms with E-state index in [1.165, 1.54) is 17.5 Å². The molecule has 9 nitrogen and oxygen atoms in total. The number of thiophene rings is 1. The normalized spacial score (nSPS) is 15.7. The van der Waals surface area contributed by atoms with E-state index in [0.717, 1.165) is 11.3 Å². The van der Waals surface area contributed by atoms with Crippen molar-refractivity contribution >= 4 is 33.4 Å². The summed E-state index contributed by atoms with van der Waals surface area (Å²) in [5.74, 6) is -0.397. The molecule has 1 aliphatic rings. The maximum absolute atomic E-state index is 12.5. The summed E-state index contributed by atoms with van der Waals surface area (Å²) in [5.41, 5.74) is 0. The molecule has 1 aromatic rings. The number of nitrogens with one attached hydrogen (secondary N) is 2. The van der Waals surface area contributed by atoms with E-state index in [1.54, 1.807) is 6.07 Å². The van der Waals surface area contributed by atoms with E-state index < -0.39 is 22.0 Å². The van der Waals surface area contributed by atoms with Gasteiger partial charge in [-0.3, -0.25) is 4.79 Å². The molecule has 0 spiro atoms. The number of sulfonamides is 1. The Bertz CT molecular complexity index is 682. The van der Waals surface area contributed by atoms with Gasteiger partial charge < -0.3 is 20.1 Å². The summed E-state index contributed by atoms with van der Waals surface area (Å²) in [4.78, 5) is 23.1. The number of nitrogens with zero attached hydrogens (tertiary/aromatic N) is 1. The zero-order valence-corrected chi connectivity index (χ0v) is 14.7. The molecule has 0 atom stereocenters. The highest BCUT2D eigenvalue weighted by atomic mass is 32.2. The van der Waals surface area contributed by atoms with Gasteiger partial charge >= 0.3 is 6.09 Å². The first-order valence-corrected chi connectivity index (χ1v) is 9.44. The van der Waals surface area contributed by atoms with Crippen LogP contribution in [-0.4, -0.2) is 64.7 Å². The standard InChI is InChI=1S/C13H19N3O6S2/c1-21-13(18)15-9-11(17)14-8-10-2-3-12(23-10)24(19,20)16-4-6-22-7-5-16/h2-3H,4-9H2,1H3,(H,14,17)(H,15,18). The molecule has 0 bridgehead atoms. The summed E-state index contributed by atoms with van der Waals surface area (Å²) in [6, 6.07) is 3.19. The van der Waals surface area contributed by atoms with E-state index in [9.17, 15) is 18.0 Å². The van der Waals surface area contributed by atoms with Gasteiger partial charge in [0, 0.05) is 18.0 Å². The molecular formula is C13H19N3O6S2. The number of carbonyl (C=O) groups excluding carboxylic acids is 2. The van der Waals surface area contributed by atoms with Gasteiger partial charge in [0.15, 0.2) is 0 Å². The SMILES string of the molecule is COC(=O)NCC(=O)NCc1ccc(S(=O)(=O)N2CCOCC2)s1.